The number of rotatable bonds is 4. The van der Waals surface area contributed by atoms with Gasteiger partial charge in [0.15, 0.2) is 5.60 Å². The zero-order chi connectivity index (χ0) is 14.8. The number of fused-ring (bicyclic) bond motifs is 1. The number of anilines is 1. The maximum absolute atomic E-state index is 12.4. The summed E-state index contributed by atoms with van der Waals surface area (Å²) in [6, 6.07) is 7.18. The van der Waals surface area contributed by atoms with Gasteiger partial charge in [-0.3, -0.25) is 14.5 Å². The summed E-state index contributed by atoms with van der Waals surface area (Å²) in [6.45, 7) is 4.10. The molecule has 0 aromatic heterocycles. The number of para-hydroxylation sites is 2. The molecule has 6 heteroatoms. The van der Waals surface area contributed by atoms with Crippen molar-refractivity contribution in [1.29, 1.82) is 0 Å². The molecule has 1 aliphatic rings. The van der Waals surface area contributed by atoms with Gasteiger partial charge in [-0.25, -0.2) is 0 Å². The van der Waals surface area contributed by atoms with Crippen molar-refractivity contribution in [3.8, 4) is 5.75 Å². The van der Waals surface area contributed by atoms with Gasteiger partial charge in [-0.05, 0) is 26.0 Å². The predicted molar refractivity (Wildman–Crippen MR) is 75.6 cm³/mol. The Hall–Kier alpha value is -2.08. The van der Waals surface area contributed by atoms with Crippen LogP contribution in [0.5, 0.6) is 5.75 Å². The Kier molecular flexibility index (Phi) is 3.94. The van der Waals surface area contributed by atoms with E-state index in [9.17, 15) is 9.59 Å². The predicted octanol–water partition coefficient (Wildman–Crippen LogP) is 0.265. The fraction of sp³-hybridized carbons (Fsp3) is 0.429. The molecule has 1 aromatic carbocycles. The van der Waals surface area contributed by atoms with Crippen LogP contribution in [0.4, 0.5) is 5.69 Å². The van der Waals surface area contributed by atoms with Crippen LogP contribution in [-0.4, -0.2) is 37.0 Å². The summed E-state index contributed by atoms with van der Waals surface area (Å²) < 4.78 is 5.68. The number of benzene rings is 1. The van der Waals surface area contributed by atoms with Crippen molar-refractivity contribution in [2.45, 2.75) is 19.4 Å². The summed E-state index contributed by atoms with van der Waals surface area (Å²) in [6.07, 6.45) is 0. The van der Waals surface area contributed by atoms with Gasteiger partial charge >= 0.3 is 0 Å². The second-order valence-electron chi connectivity index (χ2n) is 5.11. The quantitative estimate of drug-likeness (QED) is 0.827. The molecule has 0 radical (unpaired) electrons. The lowest BCUT2D eigenvalue weighted by Gasteiger charge is -2.38. The number of amides is 2. The highest BCUT2D eigenvalue weighted by molar-refractivity contribution is 6.05. The van der Waals surface area contributed by atoms with E-state index in [2.05, 4.69) is 5.32 Å². The molecule has 1 aromatic rings. The molecular weight excluding hydrogens is 258 g/mol. The first-order valence-electron chi connectivity index (χ1n) is 6.52. The van der Waals surface area contributed by atoms with Crippen LogP contribution < -0.4 is 20.7 Å². The van der Waals surface area contributed by atoms with Gasteiger partial charge in [0.25, 0.3) is 5.91 Å². The maximum atomic E-state index is 12.4. The van der Waals surface area contributed by atoms with Crippen molar-refractivity contribution in [2.24, 2.45) is 5.73 Å². The standard InChI is InChI=1S/C14H19N3O3/c1-14(2)13(19)17(9-12(18)16-8-7-15)10-5-3-4-6-11(10)20-14/h3-6H,7-9,15H2,1-2H3,(H,16,18). The van der Waals surface area contributed by atoms with Gasteiger partial charge in [-0.15, -0.1) is 0 Å². The van der Waals surface area contributed by atoms with E-state index >= 15 is 0 Å². The van der Waals surface area contributed by atoms with E-state index in [-0.39, 0.29) is 18.4 Å². The number of nitrogens with two attached hydrogens (primary N) is 1. The van der Waals surface area contributed by atoms with Gasteiger partial charge in [-0.1, -0.05) is 12.1 Å². The van der Waals surface area contributed by atoms with E-state index < -0.39 is 5.60 Å². The Balaban J connectivity index is 2.26. The van der Waals surface area contributed by atoms with Crippen LogP contribution in [0.25, 0.3) is 0 Å². The summed E-state index contributed by atoms with van der Waals surface area (Å²) >= 11 is 0. The minimum Gasteiger partial charge on any atom is -0.476 e. The zero-order valence-electron chi connectivity index (χ0n) is 11.7. The van der Waals surface area contributed by atoms with E-state index in [4.69, 9.17) is 10.5 Å². The highest BCUT2D eigenvalue weighted by Crippen LogP contribution is 2.37. The summed E-state index contributed by atoms with van der Waals surface area (Å²) in [5.41, 5.74) is 4.97. The van der Waals surface area contributed by atoms with E-state index in [1.54, 1.807) is 32.0 Å². The lowest BCUT2D eigenvalue weighted by atomic mass is 10.0. The molecule has 0 saturated heterocycles. The first-order chi connectivity index (χ1) is 9.45. The molecule has 0 fully saturated rings. The normalized spacial score (nSPS) is 16.4. The van der Waals surface area contributed by atoms with Crippen LogP contribution in [-0.2, 0) is 9.59 Å². The number of ether oxygens (including phenoxy) is 1. The first kappa shape index (κ1) is 14.3. The van der Waals surface area contributed by atoms with Gasteiger partial charge in [0.1, 0.15) is 12.3 Å². The van der Waals surface area contributed by atoms with Crippen LogP contribution in [0.2, 0.25) is 0 Å². The smallest absolute Gasteiger partial charge is 0.271 e. The monoisotopic (exact) mass is 277 g/mol. The second-order valence-corrected chi connectivity index (χ2v) is 5.11. The number of hydrogen-bond acceptors (Lipinski definition) is 4. The van der Waals surface area contributed by atoms with Crippen LogP contribution in [0.3, 0.4) is 0 Å². The van der Waals surface area contributed by atoms with Crippen molar-refractivity contribution in [1.82, 2.24) is 5.32 Å². The van der Waals surface area contributed by atoms with Gasteiger partial charge in [0.2, 0.25) is 5.91 Å². The number of nitrogens with one attached hydrogen (secondary N) is 1. The van der Waals surface area contributed by atoms with Crippen LogP contribution in [0, 0.1) is 0 Å². The van der Waals surface area contributed by atoms with Crippen molar-refractivity contribution in [3.05, 3.63) is 24.3 Å². The molecule has 1 heterocycles. The Morgan fingerprint density at radius 2 is 2.10 bits per heavy atom. The molecule has 20 heavy (non-hydrogen) atoms. The zero-order valence-corrected chi connectivity index (χ0v) is 11.7. The average molecular weight is 277 g/mol. The van der Waals surface area contributed by atoms with Crippen molar-refractivity contribution >= 4 is 17.5 Å². The van der Waals surface area contributed by atoms with Crippen LogP contribution in [0.1, 0.15) is 13.8 Å². The highest BCUT2D eigenvalue weighted by Gasteiger charge is 2.41. The van der Waals surface area contributed by atoms with Crippen LogP contribution >= 0.6 is 0 Å². The Morgan fingerprint density at radius 1 is 1.40 bits per heavy atom. The third-order valence-corrected chi connectivity index (χ3v) is 3.05. The topological polar surface area (TPSA) is 84.7 Å². The Bertz CT molecular complexity index is 528. The van der Waals surface area contributed by atoms with Crippen LogP contribution in [0.15, 0.2) is 24.3 Å². The molecule has 0 saturated carbocycles. The lowest BCUT2D eigenvalue weighted by Crippen LogP contribution is -2.55. The van der Waals surface area contributed by atoms with E-state index in [0.29, 0.717) is 24.5 Å². The molecular formula is C14H19N3O3. The van der Waals surface area contributed by atoms with Crippen molar-refractivity contribution < 1.29 is 14.3 Å². The molecule has 0 aliphatic carbocycles. The highest BCUT2D eigenvalue weighted by atomic mass is 16.5. The maximum Gasteiger partial charge on any atom is 0.271 e. The number of carbonyl (C=O) groups excluding carboxylic acids is 2. The molecule has 3 N–H and O–H groups in total. The van der Waals surface area contributed by atoms with Crippen molar-refractivity contribution in [2.75, 3.05) is 24.5 Å². The number of hydrogen-bond donors (Lipinski definition) is 2. The Labute approximate surface area is 117 Å². The average Bonchev–Trinajstić information content (AvgIpc) is 2.41. The van der Waals surface area contributed by atoms with Gasteiger partial charge in [-0.2, -0.15) is 0 Å². The van der Waals surface area contributed by atoms with Gasteiger partial charge in [0, 0.05) is 13.1 Å². The van der Waals surface area contributed by atoms with Gasteiger partial charge in [0.05, 0.1) is 5.69 Å². The second kappa shape index (κ2) is 5.50. The molecule has 0 bridgehead atoms. The summed E-state index contributed by atoms with van der Waals surface area (Å²) in [7, 11) is 0. The summed E-state index contributed by atoms with van der Waals surface area (Å²) in [5, 5.41) is 2.66. The lowest BCUT2D eigenvalue weighted by molar-refractivity contribution is -0.134. The molecule has 1 aliphatic heterocycles. The molecule has 0 atom stereocenters. The summed E-state index contributed by atoms with van der Waals surface area (Å²) in [4.78, 5) is 25.7. The number of nitrogens with zero attached hydrogens (tertiary/aromatic N) is 1. The molecule has 0 unspecified atom stereocenters. The largest absolute Gasteiger partial charge is 0.476 e. The molecule has 0 spiro atoms. The molecule has 108 valence electrons. The van der Waals surface area contributed by atoms with E-state index in [1.807, 2.05) is 6.07 Å². The van der Waals surface area contributed by atoms with E-state index in [0.717, 1.165) is 0 Å². The third-order valence-electron chi connectivity index (χ3n) is 3.05. The van der Waals surface area contributed by atoms with Gasteiger partial charge < -0.3 is 15.8 Å². The molecule has 2 amide bonds. The fourth-order valence-corrected chi connectivity index (χ4v) is 2.09. The van der Waals surface area contributed by atoms with Crippen molar-refractivity contribution in [3.63, 3.8) is 0 Å². The fourth-order valence-electron chi connectivity index (χ4n) is 2.09. The number of carbonyl (C=O) groups is 2. The minimum atomic E-state index is -0.984. The molecule has 6 nitrogen and oxygen atoms in total. The first-order valence-corrected chi connectivity index (χ1v) is 6.52. The SMILES string of the molecule is CC1(C)Oc2ccccc2N(CC(=O)NCCN)C1=O. The van der Waals surface area contributed by atoms with E-state index in [1.165, 1.54) is 4.90 Å². The Morgan fingerprint density at radius 3 is 2.80 bits per heavy atom. The summed E-state index contributed by atoms with van der Waals surface area (Å²) in [5.74, 6) is 0.124. The third kappa shape index (κ3) is 2.75. The molecule has 2 rings (SSSR count). The minimum absolute atomic E-state index is 0.0391.